The molecular formula is C24H20Br2O4. The second-order valence-electron chi connectivity index (χ2n) is 6.45. The molecule has 0 aliphatic carbocycles. The molecule has 0 N–H and O–H groups in total. The summed E-state index contributed by atoms with van der Waals surface area (Å²) in [6.45, 7) is 2.50. The van der Waals surface area contributed by atoms with Crippen molar-refractivity contribution >= 4 is 43.9 Å². The molecular weight excluding hydrogens is 512 g/mol. The van der Waals surface area contributed by atoms with E-state index in [1.165, 1.54) is 11.6 Å². The van der Waals surface area contributed by atoms with Gasteiger partial charge in [-0.25, -0.2) is 4.79 Å². The number of hydrogen-bond acceptors (Lipinski definition) is 4. The molecule has 0 aliphatic rings. The SMILES string of the molecule is COc1cc(/C=C/C(=O)Oc2ccc(Br)cc2Br)ccc1OCc1ccccc1C. The highest BCUT2D eigenvalue weighted by molar-refractivity contribution is 9.11. The Labute approximate surface area is 192 Å². The van der Waals surface area contributed by atoms with Crippen LogP contribution in [0.1, 0.15) is 16.7 Å². The van der Waals surface area contributed by atoms with Crippen molar-refractivity contribution in [2.24, 2.45) is 0 Å². The van der Waals surface area contributed by atoms with Gasteiger partial charge in [0.25, 0.3) is 0 Å². The second-order valence-corrected chi connectivity index (χ2v) is 8.22. The zero-order chi connectivity index (χ0) is 21.5. The van der Waals surface area contributed by atoms with Gasteiger partial charge in [-0.3, -0.25) is 0 Å². The van der Waals surface area contributed by atoms with E-state index in [-0.39, 0.29) is 0 Å². The summed E-state index contributed by atoms with van der Waals surface area (Å²) in [6.07, 6.45) is 3.04. The van der Waals surface area contributed by atoms with Crippen LogP contribution in [0.4, 0.5) is 0 Å². The first-order chi connectivity index (χ1) is 14.5. The van der Waals surface area contributed by atoms with Crippen molar-refractivity contribution in [1.82, 2.24) is 0 Å². The van der Waals surface area contributed by atoms with Gasteiger partial charge < -0.3 is 14.2 Å². The fraction of sp³-hybridized carbons (Fsp3) is 0.125. The molecule has 0 spiro atoms. The molecule has 4 nitrogen and oxygen atoms in total. The minimum atomic E-state index is -0.475. The third-order valence-electron chi connectivity index (χ3n) is 4.35. The van der Waals surface area contributed by atoms with Gasteiger partial charge in [0, 0.05) is 10.5 Å². The van der Waals surface area contributed by atoms with Crippen molar-refractivity contribution < 1.29 is 19.0 Å². The normalized spacial score (nSPS) is 10.8. The van der Waals surface area contributed by atoms with Crippen LogP contribution in [0.3, 0.4) is 0 Å². The fourth-order valence-corrected chi connectivity index (χ4v) is 3.83. The van der Waals surface area contributed by atoms with Gasteiger partial charge in [-0.15, -0.1) is 0 Å². The molecule has 0 heterocycles. The molecule has 0 saturated heterocycles. The predicted octanol–water partition coefficient (Wildman–Crippen LogP) is 6.73. The summed E-state index contributed by atoms with van der Waals surface area (Å²) in [5.74, 6) is 1.20. The number of methoxy groups -OCH3 is 1. The molecule has 3 aromatic carbocycles. The lowest BCUT2D eigenvalue weighted by atomic mass is 10.1. The first-order valence-corrected chi connectivity index (χ1v) is 10.7. The van der Waals surface area contributed by atoms with Crippen LogP contribution in [0, 0.1) is 6.92 Å². The van der Waals surface area contributed by atoms with Gasteiger partial charge in [-0.2, -0.15) is 0 Å². The Kier molecular flexibility index (Phi) is 7.71. The zero-order valence-corrected chi connectivity index (χ0v) is 19.7. The summed E-state index contributed by atoms with van der Waals surface area (Å²) in [5, 5.41) is 0. The van der Waals surface area contributed by atoms with Crippen LogP contribution in [-0.2, 0) is 11.4 Å². The number of carbonyl (C=O) groups is 1. The van der Waals surface area contributed by atoms with Gasteiger partial charge in [-0.05, 0) is 76.0 Å². The van der Waals surface area contributed by atoms with Gasteiger partial charge in [0.15, 0.2) is 11.5 Å². The molecule has 0 amide bonds. The second kappa shape index (κ2) is 10.5. The molecule has 0 atom stereocenters. The first-order valence-electron chi connectivity index (χ1n) is 9.16. The Balaban J connectivity index is 1.66. The van der Waals surface area contributed by atoms with Crippen LogP contribution in [0.5, 0.6) is 17.2 Å². The Morgan fingerprint density at radius 1 is 0.967 bits per heavy atom. The molecule has 3 aromatic rings. The molecule has 0 radical (unpaired) electrons. The number of ether oxygens (including phenoxy) is 3. The zero-order valence-electron chi connectivity index (χ0n) is 16.5. The van der Waals surface area contributed by atoms with Crippen LogP contribution in [-0.4, -0.2) is 13.1 Å². The topological polar surface area (TPSA) is 44.8 Å². The minimum Gasteiger partial charge on any atom is -0.493 e. The molecule has 0 saturated carbocycles. The van der Waals surface area contributed by atoms with Crippen LogP contribution in [0.2, 0.25) is 0 Å². The average molecular weight is 532 g/mol. The van der Waals surface area contributed by atoms with Crippen molar-refractivity contribution in [3.05, 3.63) is 92.4 Å². The van der Waals surface area contributed by atoms with E-state index in [9.17, 15) is 4.79 Å². The van der Waals surface area contributed by atoms with Crippen molar-refractivity contribution in [2.45, 2.75) is 13.5 Å². The molecule has 6 heteroatoms. The van der Waals surface area contributed by atoms with Crippen molar-refractivity contribution in [1.29, 1.82) is 0 Å². The summed E-state index contributed by atoms with van der Waals surface area (Å²) >= 11 is 6.74. The maximum atomic E-state index is 12.1. The standard InChI is InChI=1S/C24H20Br2O4/c1-16-5-3-4-6-18(16)15-29-22-10-7-17(13-23(22)28-2)8-12-24(27)30-21-11-9-19(25)14-20(21)26/h3-14H,15H2,1-2H3/b12-8+. The lowest BCUT2D eigenvalue weighted by Gasteiger charge is -2.12. The predicted molar refractivity (Wildman–Crippen MR) is 125 cm³/mol. The van der Waals surface area contributed by atoms with Gasteiger partial charge >= 0.3 is 5.97 Å². The van der Waals surface area contributed by atoms with E-state index in [0.29, 0.717) is 28.3 Å². The van der Waals surface area contributed by atoms with Crippen LogP contribution in [0.25, 0.3) is 6.08 Å². The largest absolute Gasteiger partial charge is 0.493 e. The van der Waals surface area contributed by atoms with E-state index in [4.69, 9.17) is 14.2 Å². The monoisotopic (exact) mass is 530 g/mol. The summed E-state index contributed by atoms with van der Waals surface area (Å²) < 4.78 is 18.3. The Morgan fingerprint density at radius 3 is 2.47 bits per heavy atom. The number of aryl methyl sites for hydroxylation is 1. The number of hydrogen-bond donors (Lipinski definition) is 0. The van der Waals surface area contributed by atoms with E-state index in [0.717, 1.165) is 15.6 Å². The highest BCUT2D eigenvalue weighted by Crippen LogP contribution is 2.30. The molecule has 0 aliphatic heterocycles. The number of carbonyl (C=O) groups excluding carboxylic acids is 1. The highest BCUT2D eigenvalue weighted by Gasteiger charge is 2.08. The Bertz CT molecular complexity index is 1080. The van der Waals surface area contributed by atoms with E-state index < -0.39 is 5.97 Å². The van der Waals surface area contributed by atoms with Gasteiger partial charge in [-0.1, -0.05) is 46.3 Å². The van der Waals surface area contributed by atoms with Crippen LogP contribution < -0.4 is 14.2 Å². The molecule has 0 unspecified atom stereocenters. The lowest BCUT2D eigenvalue weighted by molar-refractivity contribution is -0.128. The number of halogens is 2. The fourth-order valence-electron chi connectivity index (χ4n) is 2.70. The number of esters is 1. The molecule has 0 aromatic heterocycles. The highest BCUT2D eigenvalue weighted by atomic mass is 79.9. The maximum Gasteiger partial charge on any atom is 0.336 e. The number of benzene rings is 3. The lowest BCUT2D eigenvalue weighted by Crippen LogP contribution is -2.04. The summed E-state index contributed by atoms with van der Waals surface area (Å²) in [7, 11) is 1.59. The summed E-state index contributed by atoms with van der Waals surface area (Å²) in [6, 6.07) is 18.9. The van der Waals surface area contributed by atoms with E-state index in [2.05, 4.69) is 44.8 Å². The summed E-state index contributed by atoms with van der Waals surface area (Å²) in [4.78, 5) is 12.1. The van der Waals surface area contributed by atoms with Crippen LogP contribution >= 0.6 is 31.9 Å². The molecule has 0 bridgehead atoms. The average Bonchev–Trinajstić information content (AvgIpc) is 2.74. The molecule has 154 valence electrons. The quantitative estimate of drug-likeness (QED) is 0.193. The third-order valence-corrected chi connectivity index (χ3v) is 5.46. The van der Waals surface area contributed by atoms with Crippen molar-refractivity contribution in [2.75, 3.05) is 7.11 Å². The van der Waals surface area contributed by atoms with Gasteiger partial charge in [0.2, 0.25) is 0 Å². The molecule has 30 heavy (non-hydrogen) atoms. The smallest absolute Gasteiger partial charge is 0.336 e. The maximum absolute atomic E-state index is 12.1. The van der Waals surface area contributed by atoms with Gasteiger partial charge in [0.05, 0.1) is 11.6 Å². The minimum absolute atomic E-state index is 0.449. The van der Waals surface area contributed by atoms with E-state index in [1.807, 2.05) is 42.5 Å². The first kappa shape index (κ1) is 22.1. The third kappa shape index (κ3) is 5.97. The van der Waals surface area contributed by atoms with E-state index >= 15 is 0 Å². The van der Waals surface area contributed by atoms with Gasteiger partial charge in [0.1, 0.15) is 12.4 Å². The number of rotatable bonds is 7. The summed E-state index contributed by atoms with van der Waals surface area (Å²) in [5.41, 5.74) is 3.08. The Hall–Kier alpha value is -2.57. The van der Waals surface area contributed by atoms with E-state index in [1.54, 1.807) is 25.3 Å². The van der Waals surface area contributed by atoms with Crippen LogP contribution in [0.15, 0.2) is 75.7 Å². The molecule has 3 rings (SSSR count). The molecule has 0 fully saturated rings. The van der Waals surface area contributed by atoms with Crippen molar-refractivity contribution in [3.8, 4) is 17.2 Å². The Morgan fingerprint density at radius 2 is 1.73 bits per heavy atom. The van der Waals surface area contributed by atoms with Crippen molar-refractivity contribution in [3.63, 3.8) is 0 Å².